The molecule has 3 aromatic rings. The van der Waals surface area contributed by atoms with Crippen LogP contribution in [-0.2, 0) is 6.54 Å². The Kier molecular flexibility index (Phi) is 10.1. The van der Waals surface area contributed by atoms with Crippen molar-refractivity contribution in [2.45, 2.75) is 31.7 Å². The summed E-state index contributed by atoms with van der Waals surface area (Å²) in [6.45, 7) is 0.859. The predicted molar refractivity (Wildman–Crippen MR) is 146 cm³/mol. The maximum atomic E-state index is 12.8. The summed E-state index contributed by atoms with van der Waals surface area (Å²) < 4.78 is 57.2. The van der Waals surface area contributed by atoms with Gasteiger partial charge in [-0.05, 0) is 62.8 Å². The number of benzene rings is 2. The number of aromatic nitrogens is 1. The first-order chi connectivity index (χ1) is 18.5. The van der Waals surface area contributed by atoms with Crippen molar-refractivity contribution in [1.29, 1.82) is 0 Å². The van der Waals surface area contributed by atoms with E-state index in [1.54, 1.807) is 43.4 Å². The van der Waals surface area contributed by atoms with E-state index in [2.05, 4.69) is 22.5 Å². The smallest absolute Gasteiger partial charge is 0.406 e. The number of rotatable bonds is 5. The molecule has 4 rings (SSSR count). The minimum absolute atomic E-state index is 0.229. The first-order valence-electron chi connectivity index (χ1n) is 12.4. The van der Waals surface area contributed by atoms with Gasteiger partial charge in [0, 0.05) is 42.0 Å². The van der Waals surface area contributed by atoms with Gasteiger partial charge in [0.1, 0.15) is 18.5 Å². The van der Waals surface area contributed by atoms with Crippen molar-refractivity contribution in [2.24, 2.45) is 0 Å². The van der Waals surface area contributed by atoms with Gasteiger partial charge in [0.05, 0.1) is 24.9 Å². The second-order valence-electron chi connectivity index (χ2n) is 9.21. The number of piperidine rings is 1. The summed E-state index contributed by atoms with van der Waals surface area (Å²) in [6, 6.07) is 9.75. The molecule has 210 valence electrons. The van der Waals surface area contributed by atoms with Gasteiger partial charge < -0.3 is 30.6 Å². The highest BCUT2D eigenvalue weighted by Crippen LogP contribution is 2.28. The lowest BCUT2D eigenvalue weighted by Crippen LogP contribution is -2.32. The number of ether oxygens (including phenoxy) is 1. The van der Waals surface area contributed by atoms with Crippen LogP contribution in [0.3, 0.4) is 0 Å². The maximum Gasteiger partial charge on any atom is 0.406 e. The summed E-state index contributed by atoms with van der Waals surface area (Å²) in [7, 11) is 5.00. The standard InChI is InChI=1S/C22H21F3N4O2.C6H12FN/c1-27-21(30)15-5-6-18(20(12-15)31-2)28-8-3-4-14-10-17(26)16-7-9-29(19(16)11-14)13-22(23,24)25;1-8-4-2-3-6(7)5-8/h5-7,9-12,28H,8,13,26H2,1-2H3,(H,27,30);6H,2-5H2,1H3. The van der Waals surface area contributed by atoms with Crippen molar-refractivity contribution < 1.29 is 27.1 Å². The van der Waals surface area contributed by atoms with Crippen LogP contribution in [0.15, 0.2) is 42.6 Å². The summed E-state index contributed by atoms with van der Waals surface area (Å²) in [4.78, 5) is 13.8. The van der Waals surface area contributed by atoms with Gasteiger partial charge in [0.2, 0.25) is 0 Å². The largest absolute Gasteiger partial charge is 0.495 e. The normalized spacial score (nSPS) is 15.5. The Morgan fingerprint density at radius 2 is 2.00 bits per heavy atom. The third-order valence-electron chi connectivity index (χ3n) is 6.13. The highest BCUT2D eigenvalue weighted by molar-refractivity contribution is 5.95. The number of nitrogens with two attached hydrogens (primary N) is 1. The van der Waals surface area contributed by atoms with Gasteiger partial charge in [0.25, 0.3) is 5.91 Å². The van der Waals surface area contributed by atoms with Gasteiger partial charge in [-0.15, -0.1) is 0 Å². The number of amides is 1. The van der Waals surface area contributed by atoms with Crippen LogP contribution in [0.5, 0.6) is 5.75 Å². The number of nitrogens with one attached hydrogen (secondary N) is 2. The molecule has 1 amide bonds. The molecule has 39 heavy (non-hydrogen) atoms. The molecule has 2 aromatic carbocycles. The van der Waals surface area contributed by atoms with Crippen molar-refractivity contribution in [3.05, 3.63) is 53.7 Å². The average molecular weight is 548 g/mol. The lowest BCUT2D eigenvalue weighted by Gasteiger charge is -2.24. The number of nitrogens with zero attached hydrogens (tertiary/aromatic N) is 2. The van der Waals surface area contributed by atoms with Crippen LogP contribution < -0.4 is 21.1 Å². The summed E-state index contributed by atoms with van der Waals surface area (Å²) in [5.41, 5.74) is 8.35. The van der Waals surface area contributed by atoms with Crippen molar-refractivity contribution >= 4 is 28.2 Å². The minimum atomic E-state index is -4.33. The molecule has 4 N–H and O–H groups in total. The molecule has 0 spiro atoms. The van der Waals surface area contributed by atoms with E-state index in [0.29, 0.717) is 45.7 Å². The second kappa shape index (κ2) is 13.2. The highest BCUT2D eigenvalue weighted by Gasteiger charge is 2.28. The number of carbonyl (C=O) groups is 1. The van der Waals surface area contributed by atoms with Gasteiger partial charge in [-0.1, -0.05) is 11.8 Å². The first-order valence-corrected chi connectivity index (χ1v) is 12.4. The molecule has 1 atom stereocenters. The molecular formula is C28H33F4N5O2. The molecule has 1 fully saturated rings. The van der Waals surface area contributed by atoms with Crippen LogP contribution in [0.4, 0.5) is 28.9 Å². The third kappa shape index (κ3) is 8.55. The van der Waals surface area contributed by atoms with Gasteiger partial charge in [-0.3, -0.25) is 4.79 Å². The number of hydrogen-bond donors (Lipinski definition) is 3. The van der Waals surface area contributed by atoms with E-state index >= 15 is 0 Å². The lowest BCUT2D eigenvalue weighted by molar-refractivity contribution is -0.139. The number of likely N-dealkylation sites (tertiary alicyclic amines) is 1. The summed E-state index contributed by atoms with van der Waals surface area (Å²) in [5, 5.41) is 6.18. The second-order valence-corrected chi connectivity index (χ2v) is 9.21. The van der Waals surface area contributed by atoms with E-state index < -0.39 is 18.9 Å². The van der Waals surface area contributed by atoms with Crippen LogP contribution in [-0.4, -0.2) is 68.6 Å². The Hall–Kier alpha value is -3.91. The van der Waals surface area contributed by atoms with E-state index in [-0.39, 0.29) is 12.5 Å². The molecule has 0 saturated carbocycles. The molecule has 0 aliphatic carbocycles. The molecule has 7 nitrogen and oxygen atoms in total. The molecule has 0 radical (unpaired) electrons. The lowest BCUT2D eigenvalue weighted by atomic mass is 10.1. The molecule has 1 aromatic heterocycles. The van der Waals surface area contributed by atoms with Crippen LogP contribution in [0.25, 0.3) is 10.9 Å². The monoisotopic (exact) mass is 547 g/mol. The van der Waals surface area contributed by atoms with Crippen molar-refractivity contribution in [3.63, 3.8) is 0 Å². The quantitative estimate of drug-likeness (QED) is 0.246. The van der Waals surface area contributed by atoms with Gasteiger partial charge in [0.15, 0.2) is 0 Å². The third-order valence-corrected chi connectivity index (χ3v) is 6.13. The molecule has 1 aliphatic heterocycles. The fourth-order valence-corrected chi connectivity index (χ4v) is 4.24. The number of fused-ring (bicyclic) bond motifs is 1. The number of methoxy groups -OCH3 is 1. The van der Waals surface area contributed by atoms with Crippen molar-refractivity contribution in [3.8, 4) is 17.6 Å². The Labute approximate surface area is 225 Å². The van der Waals surface area contributed by atoms with Crippen molar-refractivity contribution in [2.75, 3.05) is 51.9 Å². The van der Waals surface area contributed by atoms with Crippen LogP contribution in [0.2, 0.25) is 0 Å². The number of hydrogen-bond acceptors (Lipinski definition) is 5. The van der Waals surface area contributed by atoms with E-state index in [9.17, 15) is 22.4 Å². The van der Waals surface area contributed by atoms with Crippen LogP contribution in [0.1, 0.15) is 28.8 Å². The fraction of sp³-hybridized carbons (Fsp3) is 0.393. The SMILES string of the molecule is CN1CCCC(F)C1.CNC(=O)c1ccc(NCC#Cc2cc(N)c3ccn(CC(F)(F)F)c3c2)c(OC)c1. The number of nitrogen functional groups attached to an aromatic ring is 1. The Balaban J connectivity index is 0.000000449. The van der Waals surface area contributed by atoms with E-state index in [1.165, 1.54) is 13.3 Å². The average Bonchev–Trinajstić information content (AvgIpc) is 3.28. The van der Waals surface area contributed by atoms with E-state index in [1.807, 2.05) is 11.9 Å². The number of alkyl halides is 4. The number of anilines is 2. The number of halogens is 4. The summed E-state index contributed by atoms with van der Waals surface area (Å²) in [6.07, 6.45) is -1.74. The topological polar surface area (TPSA) is 84.5 Å². The zero-order valence-corrected chi connectivity index (χ0v) is 22.2. The Bertz CT molecular complexity index is 1340. The minimum Gasteiger partial charge on any atom is -0.495 e. The zero-order chi connectivity index (χ0) is 28.6. The van der Waals surface area contributed by atoms with Gasteiger partial charge >= 0.3 is 6.18 Å². The maximum absolute atomic E-state index is 12.8. The predicted octanol–water partition coefficient (Wildman–Crippen LogP) is 4.67. The fourth-order valence-electron chi connectivity index (χ4n) is 4.24. The van der Waals surface area contributed by atoms with Crippen molar-refractivity contribution in [1.82, 2.24) is 14.8 Å². The molecule has 11 heteroatoms. The molecule has 0 bridgehead atoms. The van der Waals surface area contributed by atoms with Gasteiger partial charge in [-0.25, -0.2) is 4.39 Å². The van der Waals surface area contributed by atoms with Gasteiger partial charge in [-0.2, -0.15) is 13.2 Å². The first kappa shape index (κ1) is 29.6. The molecule has 2 heterocycles. The summed E-state index contributed by atoms with van der Waals surface area (Å²) in [5.74, 6) is 6.09. The Morgan fingerprint density at radius 1 is 1.23 bits per heavy atom. The molecular weight excluding hydrogens is 514 g/mol. The molecule has 1 saturated heterocycles. The summed E-state index contributed by atoms with van der Waals surface area (Å²) >= 11 is 0. The Morgan fingerprint density at radius 3 is 2.62 bits per heavy atom. The highest BCUT2D eigenvalue weighted by atomic mass is 19.4. The zero-order valence-electron chi connectivity index (χ0n) is 22.2. The van der Waals surface area contributed by atoms with Crippen LogP contribution >= 0.6 is 0 Å². The molecule has 1 unspecified atom stereocenters. The van der Waals surface area contributed by atoms with Crippen LogP contribution in [0, 0.1) is 11.8 Å². The number of carbonyl (C=O) groups excluding carboxylic acids is 1. The molecule has 1 aliphatic rings. The van der Waals surface area contributed by atoms with E-state index in [0.717, 1.165) is 24.0 Å². The van der Waals surface area contributed by atoms with E-state index in [4.69, 9.17) is 10.5 Å².